The third-order valence-electron chi connectivity index (χ3n) is 2.37. The first-order chi connectivity index (χ1) is 8.21. The summed E-state index contributed by atoms with van der Waals surface area (Å²) >= 11 is 0. The van der Waals surface area contributed by atoms with E-state index in [-0.39, 0.29) is 12.0 Å². The van der Waals surface area contributed by atoms with Crippen molar-refractivity contribution in [2.45, 2.75) is 18.3 Å². The molecule has 18 heavy (non-hydrogen) atoms. The first kappa shape index (κ1) is 14.8. The molecule has 0 heterocycles. The van der Waals surface area contributed by atoms with Crippen LogP contribution in [0.25, 0.3) is 0 Å². The molecule has 2 atom stereocenters. The van der Waals surface area contributed by atoms with Gasteiger partial charge in [0.2, 0.25) is 0 Å². The van der Waals surface area contributed by atoms with Crippen molar-refractivity contribution in [1.29, 1.82) is 0 Å². The van der Waals surface area contributed by atoms with E-state index in [9.17, 15) is 14.5 Å². The van der Waals surface area contributed by atoms with Gasteiger partial charge in [0.05, 0.1) is 0 Å². The molecular formula is C10H14NO6P. The van der Waals surface area contributed by atoms with Gasteiger partial charge in [-0.2, -0.15) is 0 Å². The SMILES string of the molecule is NC(Cc1ccc(C(O)P(=O)(O)O)cc1)C(=O)O. The fraction of sp³-hybridized carbons (Fsp3) is 0.300. The molecule has 0 radical (unpaired) electrons. The summed E-state index contributed by atoms with van der Waals surface area (Å²) in [6.07, 6.45) is 0.0988. The van der Waals surface area contributed by atoms with Crippen LogP contribution in [0.2, 0.25) is 0 Å². The minimum absolute atomic E-state index is 0.0657. The Morgan fingerprint density at radius 1 is 1.28 bits per heavy atom. The number of carboxylic acid groups (broad SMARTS) is 1. The molecule has 1 aromatic rings. The molecule has 0 aliphatic rings. The van der Waals surface area contributed by atoms with Gasteiger partial charge in [-0.05, 0) is 17.5 Å². The Morgan fingerprint density at radius 2 is 1.78 bits per heavy atom. The second-order valence-corrected chi connectivity index (χ2v) is 5.52. The lowest BCUT2D eigenvalue weighted by Crippen LogP contribution is -2.32. The van der Waals surface area contributed by atoms with Crippen molar-refractivity contribution >= 4 is 13.6 Å². The fourth-order valence-corrected chi connectivity index (χ4v) is 1.92. The van der Waals surface area contributed by atoms with Gasteiger partial charge in [-0.3, -0.25) is 9.36 Å². The quantitative estimate of drug-likeness (QED) is 0.469. The zero-order chi connectivity index (χ0) is 13.9. The van der Waals surface area contributed by atoms with E-state index in [4.69, 9.17) is 20.6 Å². The Labute approximate surface area is 103 Å². The molecule has 6 N–H and O–H groups in total. The highest BCUT2D eigenvalue weighted by molar-refractivity contribution is 7.51. The van der Waals surface area contributed by atoms with Crippen molar-refractivity contribution in [3.8, 4) is 0 Å². The monoisotopic (exact) mass is 275 g/mol. The highest BCUT2D eigenvalue weighted by atomic mass is 31.2. The van der Waals surface area contributed by atoms with E-state index in [2.05, 4.69) is 0 Å². The highest BCUT2D eigenvalue weighted by Gasteiger charge is 2.27. The van der Waals surface area contributed by atoms with Crippen LogP contribution in [0.3, 0.4) is 0 Å². The van der Waals surface area contributed by atoms with Crippen LogP contribution >= 0.6 is 7.60 Å². The predicted octanol–water partition coefficient (Wildman–Crippen LogP) is -0.190. The van der Waals surface area contributed by atoms with Gasteiger partial charge in [-0.25, -0.2) is 0 Å². The van der Waals surface area contributed by atoms with Crippen LogP contribution < -0.4 is 5.73 Å². The zero-order valence-corrected chi connectivity index (χ0v) is 10.2. The normalized spacial score (nSPS) is 15.1. The summed E-state index contributed by atoms with van der Waals surface area (Å²) < 4.78 is 10.8. The zero-order valence-electron chi connectivity index (χ0n) is 9.30. The molecule has 0 saturated carbocycles. The number of aliphatic hydroxyl groups excluding tert-OH is 1. The predicted molar refractivity (Wildman–Crippen MR) is 62.8 cm³/mol. The summed E-state index contributed by atoms with van der Waals surface area (Å²) in [6, 6.07) is 4.55. The van der Waals surface area contributed by atoms with E-state index < -0.39 is 25.5 Å². The first-order valence-electron chi connectivity index (χ1n) is 5.02. The molecule has 100 valence electrons. The van der Waals surface area contributed by atoms with Gasteiger partial charge in [0.1, 0.15) is 6.04 Å². The Hall–Kier alpha value is -1.24. The summed E-state index contributed by atoms with van der Waals surface area (Å²) in [6.45, 7) is 0. The third-order valence-corrected chi connectivity index (χ3v) is 3.30. The van der Waals surface area contributed by atoms with Gasteiger partial charge in [-0.1, -0.05) is 24.3 Å². The number of hydrogen-bond acceptors (Lipinski definition) is 4. The van der Waals surface area contributed by atoms with Crippen molar-refractivity contribution in [2.24, 2.45) is 5.73 Å². The summed E-state index contributed by atoms with van der Waals surface area (Å²) in [4.78, 5) is 28.1. The number of rotatable bonds is 5. The van der Waals surface area contributed by atoms with Crippen molar-refractivity contribution in [2.75, 3.05) is 0 Å². The van der Waals surface area contributed by atoms with Crippen LogP contribution in [0.1, 0.15) is 17.0 Å². The number of aliphatic hydroxyl groups is 1. The molecule has 2 unspecified atom stereocenters. The second kappa shape index (κ2) is 5.60. The lowest BCUT2D eigenvalue weighted by molar-refractivity contribution is -0.138. The van der Waals surface area contributed by atoms with E-state index in [1.54, 1.807) is 0 Å². The van der Waals surface area contributed by atoms with Crippen LogP contribution in [0.15, 0.2) is 24.3 Å². The van der Waals surface area contributed by atoms with Crippen LogP contribution in [0.4, 0.5) is 0 Å². The molecule has 0 bridgehead atoms. The minimum Gasteiger partial charge on any atom is -0.480 e. The maximum Gasteiger partial charge on any atom is 0.358 e. The molecule has 0 aliphatic heterocycles. The van der Waals surface area contributed by atoms with E-state index >= 15 is 0 Å². The molecule has 0 fully saturated rings. The highest BCUT2D eigenvalue weighted by Crippen LogP contribution is 2.49. The standard InChI is InChI=1S/C10H14NO6P/c11-8(9(12)13)5-6-1-3-7(4-2-6)10(14)18(15,16)17/h1-4,8,10,14H,5,11H2,(H,12,13)(H2,15,16,17). The Balaban J connectivity index is 2.81. The Morgan fingerprint density at radius 3 is 2.17 bits per heavy atom. The fourth-order valence-electron chi connectivity index (χ4n) is 1.36. The van der Waals surface area contributed by atoms with Gasteiger partial charge in [0, 0.05) is 0 Å². The van der Waals surface area contributed by atoms with Crippen molar-refractivity contribution < 1.29 is 29.4 Å². The van der Waals surface area contributed by atoms with Crippen LogP contribution in [-0.4, -0.2) is 32.0 Å². The van der Waals surface area contributed by atoms with Crippen LogP contribution in [-0.2, 0) is 15.8 Å². The summed E-state index contributed by atoms with van der Waals surface area (Å²) in [5.41, 5.74) is 6.01. The van der Waals surface area contributed by atoms with Crippen molar-refractivity contribution in [3.63, 3.8) is 0 Å². The smallest absolute Gasteiger partial charge is 0.358 e. The third kappa shape index (κ3) is 3.90. The maximum atomic E-state index is 10.8. The lowest BCUT2D eigenvalue weighted by atomic mass is 10.1. The molecule has 7 nitrogen and oxygen atoms in total. The van der Waals surface area contributed by atoms with Gasteiger partial charge in [0.25, 0.3) is 0 Å². The molecule has 1 aromatic carbocycles. The van der Waals surface area contributed by atoms with Gasteiger partial charge in [-0.15, -0.1) is 0 Å². The van der Waals surface area contributed by atoms with E-state index in [0.717, 1.165) is 0 Å². The minimum atomic E-state index is -4.60. The number of hydrogen-bond donors (Lipinski definition) is 5. The Bertz CT molecular complexity index is 468. The average molecular weight is 275 g/mol. The van der Waals surface area contributed by atoms with Gasteiger partial charge >= 0.3 is 13.6 Å². The number of nitrogens with two attached hydrogens (primary N) is 1. The summed E-state index contributed by atoms with van der Waals surface area (Å²) in [7, 11) is -4.60. The van der Waals surface area contributed by atoms with Gasteiger partial charge in [0.15, 0.2) is 5.85 Å². The molecule has 0 aliphatic carbocycles. The number of carbonyl (C=O) groups is 1. The second-order valence-electron chi connectivity index (χ2n) is 3.85. The van der Waals surface area contributed by atoms with E-state index in [1.165, 1.54) is 24.3 Å². The Kier molecular flexibility index (Phi) is 4.61. The maximum absolute atomic E-state index is 10.8. The van der Waals surface area contributed by atoms with Crippen molar-refractivity contribution in [1.82, 2.24) is 0 Å². The molecule has 0 spiro atoms. The molecular weight excluding hydrogens is 261 g/mol. The van der Waals surface area contributed by atoms with Crippen LogP contribution in [0, 0.1) is 0 Å². The first-order valence-corrected chi connectivity index (χ1v) is 6.70. The van der Waals surface area contributed by atoms with Crippen molar-refractivity contribution in [3.05, 3.63) is 35.4 Å². The number of benzene rings is 1. The average Bonchev–Trinajstić information content (AvgIpc) is 2.27. The molecule has 8 heteroatoms. The summed E-state index contributed by atoms with van der Waals surface area (Å²) in [5, 5.41) is 18.0. The number of carboxylic acids is 1. The molecule has 0 amide bonds. The summed E-state index contributed by atoms with van der Waals surface area (Å²) in [5.74, 6) is -3.01. The topological polar surface area (TPSA) is 141 Å². The lowest BCUT2D eigenvalue weighted by Gasteiger charge is -2.13. The number of aliphatic carboxylic acids is 1. The van der Waals surface area contributed by atoms with E-state index in [1.807, 2.05) is 0 Å². The molecule has 0 saturated heterocycles. The van der Waals surface area contributed by atoms with E-state index in [0.29, 0.717) is 5.56 Å². The van der Waals surface area contributed by atoms with Crippen LogP contribution in [0.5, 0.6) is 0 Å². The molecule has 0 aromatic heterocycles. The largest absolute Gasteiger partial charge is 0.480 e. The molecule has 1 rings (SSSR count). The van der Waals surface area contributed by atoms with Gasteiger partial charge < -0.3 is 25.7 Å².